The molecule has 0 radical (unpaired) electrons. The van der Waals surface area contributed by atoms with E-state index >= 15 is 0 Å². The Bertz CT molecular complexity index is 397. The molecule has 3 amide bonds. The molecular formula is C5H2N4O2S2. The average molecular weight is 214 g/mol. The maximum Gasteiger partial charge on any atom is 0.350 e. The zero-order valence-corrected chi connectivity index (χ0v) is 7.72. The summed E-state index contributed by atoms with van der Waals surface area (Å²) in [5.74, 6) is -0.513. The van der Waals surface area contributed by atoms with Crippen molar-refractivity contribution in [1.82, 2.24) is 5.32 Å². The number of nitrogens with one attached hydrogen (secondary N) is 1. The minimum atomic E-state index is -0.715. The van der Waals surface area contributed by atoms with Gasteiger partial charge in [-0.2, -0.15) is 9.98 Å². The summed E-state index contributed by atoms with van der Waals surface area (Å²) in [6, 6.07) is -0.715. The van der Waals surface area contributed by atoms with Gasteiger partial charge in [-0.25, -0.2) is 9.79 Å². The number of aliphatic imine (C=N–C) groups is 3. The Labute approximate surface area is 81.4 Å². The highest BCUT2D eigenvalue weighted by Crippen LogP contribution is 2.16. The number of urea groups is 1. The smallest absolute Gasteiger partial charge is 0.271 e. The summed E-state index contributed by atoms with van der Waals surface area (Å²) in [4.78, 5) is 32.9. The third-order valence-corrected chi connectivity index (χ3v) is 2.18. The Morgan fingerprint density at radius 1 is 1.23 bits per heavy atom. The molecule has 0 saturated heterocycles. The number of amidine groups is 2. The van der Waals surface area contributed by atoms with Crippen LogP contribution in [0.5, 0.6) is 0 Å². The maximum absolute atomic E-state index is 11.1. The summed E-state index contributed by atoms with van der Waals surface area (Å²) in [5, 5.41) is 2.30. The molecule has 2 aliphatic rings. The average Bonchev–Trinajstić information content (AvgIpc) is 2.47. The van der Waals surface area contributed by atoms with Crippen LogP contribution in [0, 0.1) is 0 Å². The second-order valence-electron chi connectivity index (χ2n) is 2.14. The van der Waals surface area contributed by atoms with Crippen molar-refractivity contribution in [2.45, 2.75) is 0 Å². The standard InChI is InChI=1S/C5H2N4O2S2/c10-3-1-2(7-4(11)9-3)8-5(6-1)13-12/h12H,(H,9,10,11). The van der Waals surface area contributed by atoms with Gasteiger partial charge in [0.1, 0.15) is 0 Å². The molecule has 0 aliphatic carbocycles. The quantitative estimate of drug-likeness (QED) is 0.440. The monoisotopic (exact) mass is 214 g/mol. The van der Waals surface area contributed by atoms with Crippen LogP contribution in [-0.2, 0) is 4.79 Å². The van der Waals surface area contributed by atoms with E-state index in [0.717, 1.165) is 10.8 Å². The van der Waals surface area contributed by atoms with Gasteiger partial charge < -0.3 is 0 Å². The number of rotatable bonds is 0. The lowest BCUT2D eigenvalue weighted by molar-refractivity contribution is -0.113. The summed E-state index contributed by atoms with van der Waals surface area (Å²) >= 11 is 3.85. The second kappa shape index (κ2) is 2.96. The van der Waals surface area contributed by atoms with Crippen LogP contribution < -0.4 is 5.32 Å². The zero-order chi connectivity index (χ0) is 9.42. The molecule has 1 N–H and O–H groups in total. The van der Waals surface area contributed by atoms with Crippen molar-refractivity contribution in [3.05, 3.63) is 0 Å². The van der Waals surface area contributed by atoms with E-state index in [2.05, 4.69) is 26.6 Å². The summed E-state index contributed by atoms with van der Waals surface area (Å²) in [6.07, 6.45) is 0. The molecule has 66 valence electrons. The van der Waals surface area contributed by atoms with Gasteiger partial charge in [-0.3, -0.25) is 10.1 Å². The predicted molar refractivity (Wildman–Crippen MR) is 52.4 cm³/mol. The molecule has 8 heteroatoms. The van der Waals surface area contributed by atoms with Gasteiger partial charge in [0.2, 0.25) is 5.17 Å². The SMILES string of the molecule is O=C1N=C2N=C(SS)N=C2C(=O)N1. The van der Waals surface area contributed by atoms with E-state index in [0.29, 0.717) is 5.17 Å². The Morgan fingerprint density at radius 3 is 2.69 bits per heavy atom. The number of nitrogens with zero attached hydrogens (tertiary/aromatic N) is 3. The number of thiol groups is 1. The van der Waals surface area contributed by atoms with Gasteiger partial charge >= 0.3 is 6.03 Å². The predicted octanol–water partition coefficient (Wildman–Crippen LogP) is 0.0233. The number of carbonyl (C=O) groups is 2. The first-order valence-corrected chi connectivity index (χ1v) is 5.01. The fourth-order valence-corrected chi connectivity index (χ4v) is 1.37. The highest BCUT2D eigenvalue weighted by Gasteiger charge is 2.30. The van der Waals surface area contributed by atoms with Crippen LogP contribution in [0.15, 0.2) is 15.0 Å². The normalized spacial score (nSPS) is 20.2. The molecule has 6 nitrogen and oxygen atoms in total. The van der Waals surface area contributed by atoms with Gasteiger partial charge in [0.25, 0.3) is 5.91 Å². The van der Waals surface area contributed by atoms with E-state index in [9.17, 15) is 9.59 Å². The lowest BCUT2D eigenvalue weighted by Crippen LogP contribution is -2.41. The molecule has 0 aromatic heterocycles. The molecule has 0 bridgehead atoms. The van der Waals surface area contributed by atoms with Crippen LogP contribution in [0.25, 0.3) is 0 Å². The van der Waals surface area contributed by atoms with Crippen LogP contribution in [0.2, 0.25) is 0 Å². The van der Waals surface area contributed by atoms with E-state index in [1.165, 1.54) is 0 Å². The van der Waals surface area contributed by atoms with Gasteiger partial charge in [0, 0.05) is 0 Å². The molecular weight excluding hydrogens is 212 g/mol. The Hall–Kier alpha value is -1.15. The van der Waals surface area contributed by atoms with Gasteiger partial charge in [-0.1, -0.05) is 0 Å². The molecule has 2 rings (SSSR count). The molecule has 0 saturated carbocycles. The van der Waals surface area contributed by atoms with E-state index in [4.69, 9.17) is 0 Å². The van der Waals surface area contributed by atoms with Crippen molar-refractivity contribution in [3.63, 3.8) is 0 Å². The van der Waals surface area contributed by atoms with E-state index in [1.54, 1.807) is 0 Å². The minimum Gasteiger partial charge on any atom is -0.271 e. The minimum absolute atomic E-state index is 0.0605. The van der Waals surface area contributed by atoms with E-state index < -0.39 is 11.9 Å². The Morgan fingerprint density at radius 2 is 2.00 bits per heavy atom. The van der Waals surface area contributed by atoms with Crippen LogP contribution in [0.4, 0.5) is 4.79 Å². The number of fused-ring (bicyclic) bond motifs is 1. The highest BCUT2D eigenvalue weighted by atomic mass is 33.1. The fraction of sp³-hybridized carbons (Fsp3) is 0. The highest BCUT2D eigenvalue weighted by molar-refractivity contribution is 8.75. The van der Waals surface area contributed by atoms with Crippen molar-refractivity contribution in [2.24, 2.45) is 15.0 Å². The Balaban J connectivity index is 2.46. The molecule has 0 fully saturated rings. The number of imide groups is 1. The molecule has 13 heavy (non-hydrogen) atoms. The third-order valence-electron chi connectivity index (χ3n) is 1.35. The first-order valence-electron chi connectivity index (χ1n) is 3.14. The van der Waals surface area contributed by atoms with Gasteiger partial charge in [-0.05, 0) is 10.8 Å². The Kier molecular flexibility index (Phi) is 1.93. The van der Waals surface area contributed by atoms with Crippen molar-refractivity contribution in [1.29, 1.82) is 0 Å². The van der Waals surface area contributed by atoms with Crippen molar-refractivity contribution < 1.29 is 9.59 Å². The van der Waals surface area contributed by atoms with Gasteiger partial charge in [-0.15, -0.1) is 11.7 Å². The molecule has 0 aromatic rings. The number of hydrogen-bond donors (Lipinski definition) is 2. The molecule has 0 aromatic carbocycles. The van der Waals surface area contributed by atoms with Crippen molar-refractivity contribution in [2.75, 3.05) is 0 Å². The van der Waals surface area contributed by atoms with Crippen molar-refractivity contribution in [3.8, 4) is 0 Å². The van der Waals surface area contributed by atoms with E-state index in [-0.39, 0.29) is 11.5 Å². The summed E-state index contributed by atoms with van der Waals surface area (Å²) in [7, 11) is 0.987. The van der Waals surface area contributed by atoms with Crippen LogP contribution in [-0.4, -0.2) is 28.7 Å². The first-order chi connectivity index (χ1) is 6.20. The summed E-state index contributed by atoms with van der Waals surface area (Å²) < 4.78 is 0. The number of amides is 3. The molecule has 0 unspecified atom stereocenters. The maximum atomic E-state index is 11.1. The number of carbonyl (C=O) groups excluding carboxylic acids is 2. The molecule has 2 aliphatic heterocycles. The van der Waals surface area contributed by atoms with Crippen LogP contribution in [0.3, 0.4) is 0 Å². The molecule has 2 heterocycles. The number of hydrogen-bond acceptors (Lipinski definition) is 6. The zero-order valence-electron chi connectivity index (χ0n) is 6.01. The topological polar surface area (TPSA) is 83.2 Å². The first kappa shape index (κ1) is 8.45. The summed E-state index contributed by atoms with van der Waals surface area (Å²) in [5.41, 5.74) is 0.0659. The molecule has 0 atom stereocenters. The van der Waals surface area contributed by atoms with Crippen LogP contribution in [0.1, 0.15) is 0 Å². The largest absolute Gasteiger partial charge is 0.350 e. The van der Waals surface area contributed by atoms with Crippen molar-refractivity contribution >= 4 is 51.1 Å². The molecule has 0 spiro atoms. The van der Waals surface area contributed by atoms with E-state index in [1.807, 2.05) is 5.32 Å². The lowest BCUT2D eigenvalue weighted by atomic mass is 10.3. The van der Waals surface area contributed by atoms with Gasteiger partial charge in [0.05, 0.1) is 0 Å². The summed E-state index contributed by atoms with van der Waals surface area (Å²) in [6.45, 7) is 0. The van der Waals surface area contributed by atoms with Crippen LogP contribution >= 0.6 is 22.5 Å². The fourth-order valence-electron chi connectivity index (χ4n) is 0.866. The lowest BCUT2D eigenvalue weighted by Gasteiger charge is -2.05. The second-order valence-corrected chi connectivity index (χ2v) is 3.24. The van der Waals surface area contributed by atoms with Gasteiger partial charge in [0.15, 0.2) is 11.5 Å². The third kappa shape index (κ3) is 1.38.